The fourth-order valence-corrected chi connectivity index (χ4v) is 1.51. The highest BCUT2D eigenvalue weighted by Gasteiger charge is 2.08. The number of rotatable bonds is 4. The lowest BCUT2D eigenvalue weighted by molar-refractivity contribution is 0.781. The van der Waals surface area contributed by atoms with Crippen LogP contribution in [0.25, 0.3) is 0 Å². The van der Waals surface area contributed by atoms with Gasteiger partial charge < -0.3 is 4.90 Å². The van der Waals surface area contributed by atoms with Gasteiger partial charge in [-0.1, -0.05) is 15.9 Å². The molecule has 0 amide bonds. The van der Waals surface area contributed by atoms with Gasteiger partial charge in [0.05, 0.1) is 11.4 Å². The Labute approximate surface area is 92.9 Å². The van der Waals surface area contributed by atoms with Crippen molar-refractivity contribution >= 4 is 21.9 Å². The number of aryl methyl sites for hydroxylation is 2. The average Bonchev–Trinajstić information content (AvgIpc) is 2.19. The van der Waals surface area contributed by atoms with Crippen molar-refractivity contribution in [3.63, 3.8) is 0 Å². The van der Waals surface area contributed by atoms with E-state index in [1.165, 1.54) is 0 Å². The number of halogens is 1. The van der Waals surface area contributed by atoms with Crippen LogP contribution in [-0.2, 0) is 0 Å². The predicted molar refractivity (Wildman–Crippen MR) is 61.0 cm³/mol. The Balaban J connectivity index is 2.88. The molecular formula is C9H15BrN4. The van der Waals surface area contributed by atoms with Crippen molar-refractivity contribution in [3.8, 4) is 0 Å². The molecule has 0 fully saturated rings. The third-order valence-corrected chi connectivity index (χ3v) is 2.45. The van der Waals surface area contributed by atoms with Crippen molar-refractivity contribution in [2.24, 2.45) is 0 Å². The van der Waals surface area contributed by atoms with Crippen LogP contribution in [0, 0.1) is 13.8 Å². The molecule has 14 heavy (non-hydrogen) atoms. The number of hydrogen-bond donors (Lipinski definition) is 0. The molecule has 0 aliphatic heterocycles. The molecule has 0 saturated heterocycles. The molecule has 0 saturated carbocycles. The maximum Gasteiger partial charge on any atom is 0.245 e. The summed E-state index contributed by atoms with van der Waals surface area (Å²) in [5, 5.41) is 9.05. The van der Waals surface area contributed by atoms with Crippen LogP contribution in [0.2, 0.25) is 0 Å². The molecule has 0 aliphatic carbocycles. The van der Waals surface area contributed by atoms with Crippen molar-refractivity contribution < 1.29 is 0 Å². The molecule has 1 aromatic rings. The second-order valence-corrected chi connectivity index (χ2v) is 3.84. The van der Waals surface area contributed by atoms with Gasteiger partial charge in [-0.2, -0.15) is 5.10 Å². The van der Waals surface area contributed by atoms with Crippen LogP contribution >= 0.6 is 15.9 Å². The largest absolute Gasteiger partial charge is 0.339 e. The summed E-state index contributed by atoms with van der Waals surface area (Å²) in [5.41, 5.74) is 1.84. The summed E-state index contributed by atoms with van der Waals surface area (Å²) in [6.07, 6.45) is 0. The Kier molecular flexibility index (Phi) is 4.25. The van der Waals surface area contributed by atoms with Crippen LogP contribution in [0.1, 0.15) is 18.3 Å². The minimum absolute atomic E-state index is 0.718. The minimum Gasteiger partial charge on any atom is -0.339 e. The smallest absolute Gasteiger partial charge is 0.245 e. The molecule has 0 N–H and O–H groups in total. The Bertz CT molecular complexity index is 303. The fourth-order valence-electron chi connectivity index (χ4n) is 1.08. The summed E-state index contributed by atoms with van der Waals surface area (Å²) < 4.78 is 0. The number of aromatic nitrogens is 3. The molecule has 78 valence electrons. The van der Waals surface area contributed by atoms with Crippen LogP contribution in [0.4, 0.5) is 5.95 Å². The Morgan fingerprint density at radius 3 is 2.43 bits per heavy atom. The van der Waals surface area contributed by atoms with E-state index in [2.05, 4.69) is 42.9 Å². The first-order valence-corrected chi connectivity index (χ1v) is 5.80. The third-order valence-electron chi connectivity index (χ3n) is 2.10. The van der Waals surface area contributed by atoms with E-state index >= 15 is 0 Å². The van der Waals surface area contributed by atoms with E-state index in [1.807, 2.05) is 13.8 Å². The van der Waals surface area contributed by atoms with E-state index in [0.717, 1.165) is 35.8 Å². The molecule has 1 rings (SSSR count). The van der Waals surface area contributed by atoms with Gasteiger partial charge in [-0.15, -0.1) is 5.10 Å². The summed E-state index contributed by atoms with van der Waals surface area (Å²) in [6, 6.07) is 0. The molecule has 0 aromatic carbocycles. The normalized spacial score (nSPS) is 10.3. The fraction of sp³-hybridized carbons (Fsp3) is 0.667. The topological polar surface area (TPSA) is 41.9 Å². The van der Waals surface area contributed by atoms with Crippen molar-refractivity contribution in [1.82, 2.24) is 15.2 Å². The molecule has 0 radical (unpaired) electrons. The van der Waals surface area contributed by atoms with Crippen LogP contribution in [0.5, 0.6) is 0 Å². The molecule has 5 heteroatoms. The summed E-state index contributed by atoms with van der Waals surface area (Å²) in [4.78, 5) is 6.49. The van der Waals surface area contributed by atoms with E-state index in [4.69, 9.17) is 0 Å². The summed E-state index contributed by atoms with van der Waals surface area (Å²) in [7, 11) is 0. The lowest BCUT2D eigenvalue weighted by Crippen LogP contribution is -2.27. The second kappa shape index (κ2) is 5.24. The monoisotopic (exact) mass is 258 g/mol. The maximum absolute atomic E-state index is 4.39. The molecular weight excluding hydrogens is 244 g/mol. The van der Waals surface area contributed by atoms with Crippen LogP contribution < -0.4 is 4.90 Å². The highest BCUT2D eigenvalue weighted by Crippen LogP contribution is 2.08. The molecule has 0 atom stereocenters. The van der Waals surface area contributed by atoms with Gasteiger partial charge in [-0.05, 0) is 20.8 Å². The predicted octanol–water partition coefficient (Wildman–Crippen LogP) is 1.71. The van der Waals surface area contributed by atoms with Crippen LogP contribution in [0.15, 0.2) is 0 Å². The number of anilines is 1. The Hall–Kier alpha value is -0.710. The van der Waals surface area contributed by atoms with Gasteiger partial charge in [0.15, 0.2) is 0 Å². The summed E-state index contributed by atoms with van der Waals surface area (Å²) in [6.45, 7) is 7.76. The van der Waals surface area contributed by atoms with E-state index < -0.39 is 0 Å². The van der Waals surface area contributed by atoms with E-state index in [0.29, 0.717) is 0 Å². The van der Waals surface area contributed by atoms with Gasteiger partial charge in [-0.3, -0.25) is 0 Å². The van der Waals surface area contributed by atoms with E-state index in [-0.39, 0.29) is 0 Å². The maximum atomic E-state index is 4.39. The number of nitrogens with zero attached hydrogens (tertiary/aromatic N) is 4. The Morgan fingerprint density at radius 1 is 1.21 bits per heavy atom. The first kappa shape index (κ1) is 11.4. The molecule has 0 bridgehead atoms. The summed E-state index contributed by atoms with van der Waals surface area (Å²) >= 11 is 3.40. The van der Waals surface area contributed by atoms with Gasteiger partial charge in [0.2, 0.25) is 5.95 Å². The number of alkyl halides is 1. The van der Waals surface area contributed by atoms with Gasteiger partial charge in [0.25, 0.3) is 0 Å². The summed E-state index contributed by atoms with van der Waals surface area (Å²) in [5.74, 6) is 0.718. The minimum atomic E-state index is 0.718. The van der Waals surface area contributed by atoms with Gasteiger partial charge >= 0.3 is 0 Å². The molecule has 1 heterocycles. The lowest BCUT2D eigenvalue weighted by atomic mass is 10.4. The standard InChI is InChI=1S/C9H15BrN4/c1-4-14(6-5-10)9-11-7(2)8(3)12-13-9/h4-6H2,1-3H3. The van der Waals surface area contributed by atoms with Crippen LogP contribution in [0.3, 0.4) is 0 Å². The van der Waals surface area contributed by atoms with Crippen molar-refractivity contribution in [3.05, 3.63) is 11.4 Å². The zero-order valence-electron chi connectivity index (χ0n) is 8.79. The highest BCUT2D eigenvalue weighted by molar-refractivity contribution is 9.09. The van der Waals surface area contributed by atoms with Gasteiger partial charge in [-0.25, -0.2) is 4.98 Å². The molecule has 1 aromatic heterocycles. The first-order valence-electron chi connectivity index (χ1n) is 4.67. The van der Waals surface area contributed by atoms with Gasteiger partial charge in [0, 0.05) is 18.4 Å². The highest BCUT2D eigenvalue weighted by atomic mass is 79.9. The zero-order chi connectivity index (χ0) is 10.6. The molecule has 0 unspecified atom stereocenters. The van der Waals surface area contributed by atoms with E-state index in [1.54, 1.807) is 0 Å². The van der Waals surface area contributed by atoms with E-state index in [9.17, 15) is 0 Å². The van der Waals surface area contributed by atoms with Crippen molar-refractivity contribution in [2.75, 3.05) is 23.3 Å². The molecule has 4 nitrogen and oxygen atoms in total. The lowest BCUT2D eigenvalue weighted by Gasteiger charge is -2.19. The molecule has 0 aliphatic rings. The zero-order valence-corrected chi connectivity index (χ0v) is 10.4. The van der Waals surface area contributed by atoms with Crippen molar-refractivity contribution in [1.29, 1.82) is 0 Å². The molecule has 0 spiro atoms. The first-order chi connectivity index (χ1) is 6.69. The SMILES string of the molecule is CCN(CCBr)c1nnc(C)c(C)n1. The van der Waals surface area contributed by atoms with Crippen molar-refractivity contribution in [2.45, 2.75) is 20.8 Å². The third kappa shape index (κ3) is 2.64. The quantitative estimate of drug-likeness (QED) is 0.772. The second-order valence-electron chi connectivity index (χ2n) is 3.05. The average molecular weight is 259 g/mol. The van der Waals surface area contributed by atoms with Gasteiger partial charge in [0.1, 0.15) is 0 Å². The van der Waals surface area contributed by atoms with Crippen LogP contribution in [-0.4, -0.2) is 33.6 Å². The number of hydrogen-bond acceptors (Lipinski definition) is 4. The Morgan fingerprint density at radius 2 is 1.93 bits per heavy atom.